The molecule has 0 atom stereocenters. The van der Waals surface area contributed by atoms with E-state index in [0.29, 0.717) is 67.4 Å². The second-order valence-electron chi connectivity index (χ2n) is 10.4. The number of rotatable bonds is 6. The normalized spacial score (nSPS) is 16.3. The van der Waals surface area contributed by atoms with Crippen molar-refractivity contribution in [1.29, 1.82) is 5.26 Å². The van der Waals surface area contributed by atoms with Crippen molar-refractivity contribution >= 4 is 28.5 Å². The van der Waals surface area contributed by atoms with Crippen LogP contribution in [0.2, 0.25) is 0 Å². The van der Waals surface area contributed by atoms with Gasteiger partial charge in [-0.15, -0.1) is 0 Å². The summed E-state index contributed by atoms with van der Waals surface area (Å²) in [5, 5.41) is 9.56. The zero-order valence-corrected chi connectivity index (χ0v) is 22.4. The first-order valence-electron chi connectivity index (χ1n) is 13.4. The fourth-order valence-corrected chi connectivity index (χ4v) is 5.51. The molecule has 3 aromatic rings. The van der Waals surface area contributed by atoms with Crippen LogP contribution >= 0.6 is 0 Å². The molecule has 0 aliphatic carbocycles. The Kier molecular flexibility index (Phi) is 7.55. The summed E-state index contributed by atoms with van der Waals surface area (Å²) in [6.07, 6.45) is 6.44. The molecule has 39 heavy (non-hydrogen) atoms. The van der Waals surface area contributed by atoms with Crippen LogP contribution in [-0.2, 0) is 11.2 Å². The molecule has 3 heterocycles. The molecule has 2 amide bonds. The summed E-state index contributed by atoms with van der Waals surface area (Å²) in [7, 11) is 1.52. The average molecular weight is 528 g/mol. The van der Waals surface area contributed by atoms with E-state index in [1.807, 2.05) is 4.90 Å². The molecule has 1 N–H and O–H groups in total. The molecular formula is C30H33N5O4. The molecule has 2 aliphatic rings. The first kappa shape index (κ1) is 26.3. The molecule has 5 rings (SSSR count). The van der Waals surface area contributed by atoms with E-state index >= 15 is 0 Å². The number of hydrogen-bond acceptors (Lipinski definition) is 6. The zero-order valence-electron chi connectivity index (χ0n) is 22.4. The SMILES string of the molecule is COc1cc2[nH]cc(C(=O)C(=O)N3CCN(C#N)CC3)c2cc1C(=O)N1CCC(Cc2ccc(C)cc2)CC1. The second-order valence-corrected chi connectivity index (χ2v) is 10.4. The number of methoxy groups -OCH3 is 1. The third-order valence-electron chi connectivity index (χ3n) is 7.93. The first-order valence-corrected chi connectivity index (χ1v) is 13.4. The Morgan fingerprint density at radius 3 is 2.31 bits per heavy atom. The fourth-order valence-electron chi connectivity index (χ4n) is 5.51. The quantitative estimate of drug-likeness (QED) is 0.299. The number of aromatic nitrogens is 1. The minimum absolute atomic E-state index is 0.138. The van der Waals surface area contributed by atoms with Crippen molar-refractivity contribution < 1.29 is 19.1 Å². The van der Waals surface area contributed by atoms with E-state index in [9.17, 15) is 14.4 Å². The lowest BCUT2D eigenvalue weighted by molar-refractivity contribution is -0.127. The number of hydrogen-bond donors (Lipinski definition) is 1. The van der Waals surface area contributed by atoms with E-state index < -0.39 is 11.7 Å². The zero-order chi connectivity index (χ0) is 27.5. The Balaban J connectivity index is 1.31. The summed E-state index contributed by atoms with van der Waals surface area (Å²) >= 11 is 0. The number of aryl methyl sites for hydroxylation is 1. The van der Waals surface area contributed by atoms with Gasteiger partial charge < -0.3 is 24.4 Å². The molecule has 0 radical (unpaired) electrons. The predicted molar refractivity (Wildman–Crippen MR) is 146 cm³/mol. The number of likely N-dealkylation sites (tertiary alicyclic amines) is 1. The van der Waals surface area contributed by atoms with Gasteiger partial charge in [-0.2, -0.15) is 5.26 Å². The number of H-pyrrole nitrogens is 1. The number of Topliss-reactive ketones (excluding diaryl/α,β-unsaturated/α-hetero) is 1. The lowest BCUT2D eigenvalue weighted by Gasteiger charge is -2.32. The number of fused-ring (bicyclic) bond motifs is 1. The van der Waals surface area contributed by atoms with Crippen molar-refractivity contribution in [2.24, 2.45) is 5.92 Å². The van der Waals surface area contributed by atoms with Crippen LogP contribution in [-0.4, -0.2) is 83.7 Å². The van der Waals surface area contributed by atoms with E-state index in [-0.39, 0.29) is 11.5 Å². The Hall–Kier alpha value is -4.32. The number of ketones is 1. The number of carbonyl (C=O) groups is 3. The Morgan fingerprint density at radius 1 is 0.974 bits per heavy atom. The number of nitrogens with zero attached hydrogens (tertiary/aromatic N) is 4. The van der Waals surface area contributed by atoms with Crippen LogP contribution in [0.5, 0.6) is 5.75 Å². The van der Waals surface area contributed by atoms with E-state index in [1.165, 1.54) is 29.3 Å². The van der Waals surface area contributed by atoms with Gasteiger partial charge in [0.1, 0.15) is 5.75 Å². The van der Waals surface area contributed by atoms with Gasteiger partial charge >= 0.3 is 0 Å². The minimum Gasteiger partial charge on any atom is -0.496 e. The van der Waals surface area contributed by atoms with Crippen LogP contribution in [0.25, 0.3) is 10.9 Å². The maximum absolute atomic E-state index is 13.6. The highest BCUT2D eigenvalue weighted by atomic mass is 16.5. The topological polar surface area (TPSA) is 110 Å². The minimum atomic E-state index is -0.632. The molecule has 2 aliphatic heterocycles. The number of benzene rings is 2. The van der Waals surface area contributed by atoms with Crippen molar-refractivity contribution in [1.82, 2.24) is 19.7 Å². The number of carbonyl (C=O) groups excluding carboxylic acids is 3. The molecule has 202 valence electrons. The van der Waals surface area contributed by atoms with Gasteiger partial charge in [0.05, 0.1) is 18.2 Å². The number of nitrogens with one attached hydrogen (secondary N) is 1. The number of nitriles is 1. The summed E-state index contributed by atoms with van der Waals surface area (Å²) in [5.41, 5.74) is 3.80. The Morgan fingerprint density at radius 2 is 1.67 bits per heavy atom. The van der Waals surface area contributed by atoms with E-state index in [2.05, 4.69) is 42.4 Å². The Labute approximate surface area is 227 Å². The van der Waals surface area contributed by atoms with Crippen molar-refractivity contribution in [3.8, 4) is 11.9 Å². The smallest absolute Gasteiger partial charge is 0.295 e. The van der Waals surface area contributed by atoms with Crippen molar-refractivity contribution in [2.75, 3.05) is 46.4 Å². The Bertz CT molecular complexity index is 1420. The lowest BCUT2D eigenvalue weighted by Crippen LogP contribution is -2.49. The van der Waals surface area contributed by atoms with Gasteiger partial charge in [-0.3, -0.25) is 14.4 Å². The molecule has 0 unspecified atom stereocenters. The van der Waals surface area contributed by atoms with Gasteiger partial charge in [-0.25, -0.2) is 0 Å². The molecule has 0 bridgehead atoms. The van der Waals surface area contributed by atoms with Crippen LogP contribution in [0.1, 0.15) is 44.7 Å². The number of piperazine rings is 1. The van der Waals surface area contributed by atoms with Crippen LogP contribution in [0.4, 0.5) is 0 Å². The molecule has 2 saturated heterocycles. The van der Waals surface area contributed by atoms with Crippen molar-refractivity contribution in [2.45, 2.75) is 26.2 Å². The van der Waals surface area contributed by atoms with Gasteiger partial charge in [0, 0.05) is 62.4 Å². The van der Waals surface area contributed by atoms with Gasteiger partial charge in [-0.1, -0.05) is 29.8 Å². The van der Waals surface area contributed by atoms with E-state index in [4.69, 9.17) is 10.00 Å². The van der Waals surface area contributed by atoms with Crippen molar-refractivity contribution in [3.05, 3.63) is 64.8 Å². The molecule has 2 aromatic carbocycles. The van der Waals surface area contributed by atoms with Gasteiger partial charge in [0.2, 0.25) is 0 Å². The summed E-state index contributed by atoms with van der Waals surface area (Å²) in [6.45, 7) is 4.84. The molecule has 9 heteroatoms. The molecule has 0 spiro atoms. The third-order valence-corrected chi connectivity index (χ3v) is 7.93. The van der Waals surface area contributed by atoms with E-state index in [1.54, 1.807) is 17.0 Å². The summed E-state index contributed by atoms with van der Waals surface area (Å²) in [6, 6.07) is 12.0. The first-order chi connectivity index (χ1) is 18.9. The van der Waals surface area contributed by atoms with Gasteiger partial charge in [0.15, 0.2) is 6.19 Å². The maximum Gasteiger partial charge on any atom is 0.295 e. The molecule has 9 nitrogen and oxygen atoms in total. The van der Waals surface area contributed by atoms with Crippen molar-refractivity contribution in [3.63, 3.8) is 0 Å². The second kappa shape index (κ2) is 11.2. The van der Waals surface area contributed by atoms with Crippen LogP contribution < -0.4 is 4.74 Å². The van der Waals surface area contributed by atoms with Crippen LogP contribution in [0.3, 0.4) is 0 Å². The third kappa shape index (κ3) is 5.46. The number of ether oxygens (including phenoxy) is 1. The largest absolute Gasteiger partial charge is 0.496 e. The molecule has 0 saturated carbocycles. The predicted octanol–water partition coefficient (Wildman–Crippen LogP) is 3.39. The molecule has 2 fully saturated rings. The average Bonchev–Trinajstić information content (AvgIpc) is 3.39. The summed E-state index contributed by atoms with van der Waals surface area (Å²) < 4.78 is 5.55. The summed E-state index contributed by atoms with van der Waals surface area (Å²) in [4.78, 5) is 47.7. The fraction of sp³-hybridized carbons (Fsp3) is 0.400. The highest BCUT2D eigenvalue weighted by Crippen LogP contribution is 2.31. The highest BCUT2D eigenvalue weighted by molar-refractivity contribution is 6.45. The highest BCUT2D eigenvalue weighted by Gasteiger charge is 2.30. The summed E-state index contributed by atoms with van der Waals surface area (Å²) in [5.74, 6) is -0.425. The van der Waals surface area contributed by atoms with Crippen LogP contribution in [0, 0.1) is 24.3 Å². The number of amides is 2. The van der Waals surface area contributed by atoms with Gasteiger partial charge in [-0.05, 0) is 43.7 Å². The van der Waals surface area contributed by atoms with E-state index in [0.717, 1.165) is 19.3 Å². The molecule has 1 aromatic heterocycles. The lowest BCUT2D eigenvalue weighted by atomic mass is 9.89. The number of piperidine rings is 1. The number of aromatic amines is 1. The molecular weight excluding hydrogens is 494 g/mol. The standard InChI is InChI=1S/C30H33N5O4/c1-20-3-5-21(6-4-20)15-22-7-9-34(10-8-22)29(37)24-16-23-25(18-32-26(23)17-27(24)39-2)28(36)30(38)35-13-11-33(19-31)12-14-35/h3-6,16-18,22,32H,7-15H2,1-2H3. The maximum atomic E-state index is 13.6. The monoisotopic (exact) mass is 527 g/mol. The van der Waals surface area contributed by atoms with Gasteiger partial charge in [0.25, 0.3) is 17.6 Å². The van der Waals surface area contributed by atoms with Crippen LogP contribution in [0.15, 0.2) is 42.6 Å².